The Balaban J connectivity index is 2.46. The van der Waals surface area contributed by atoms with E-state index in [1.165, 1.54) is 11.8 Å². The SMILES string of the molecule is CC(=O)SCCC#Cc1ccc(NC(N)=O)cc1. The van der Waals surface area contributed by atoms with Crippen LogP contribution in [0.2, 0.25) is 0 Å². The Morgan fingerprint density at radius 3 is 2.56 bits per heavy atom. The standard InChI is InChI=1S/C13H14N2O2S/c1-10(16)18-9-3-2-4-11-5-7-12(8-6-11)15-13(14)17/h5-8H,3,9H2,1H3,(H3,14,15,17). The molecule has 2 amide bonds. The lowest BCUT2D eigenvalue weighted by molar-refractivity contribution is -0.109. The van der Waals surface area contributed by atoms with Crippen molar-refractivity contribution in [3.8, 4) is 11.8 Å². The topological polar surface area (TPSA) is 72.2 Å². The van der Waals surface area contributed by atoms with Gasteiger partial charge in [-0.05, 0) is 24.3 Å². The van der Waals surface area contributed by atoms with Gasteiger partial charge in [-0.15, -0.1) is 0 Å². The molecule has 1 rings (SSSR count). The summed E-state index contributed by atoms with van der Waals surface area (Å²) in [6, 6.07) is 6.49. The summed E-state index contributed by atoms with van der Waals surface area (Å²) in [6.07, 6.45) is 0.672. The molecule has 0 aliphatic rings. The Kier molecular flexibility index (Phi) is 5.81. The first-order valence-corrected chi connectivity index (χ1v) is 6.35. The monoisotopic (exact) mass is 262 g/mol. The Hall–Kier alpha value is -1.93. The maximum absolute atomic E-state index is 10.7. The molecule has 1 aromatic rings. The smallest absolute Gasteiger partial charge is 0.316 e. The number of urea groups is 1. The predicted octanol–water partition coefficient (Wildman–Crippen LogP) is 2.20. The van der Waals surface area contributed by atoms with Crippen molar-refractivity contribution in [1.82, 2.24) is 0 Å². The first kappa shape index (κ1) is 14.1. The van der Waals surface area contributed by atoms with Crippen LogP contribution >= 0.6 is 11.8 Å². The number of nitrogens with one attached hydrogen (secondary N) is 1. The Labute approximate surface area is 110 Å². The van der Waals surface area contributed by atoms with Crippen LogP contribution in [0, 0.1) is 11.8 Å². The zero-order valence-electron chi connectivity index (χ0n) is 10.0. The number of anilines is 1. The first-order valence-electron chi connectivity index (χ1n) is 5.36. The van der Waals surface area contributed by atoms with E-state index in [-0.39, 0.29) is 5.12 Å². The highest BCUT2D eigenvalue weighted by atomic mass is 32.2. The van der Waals surface area contributed by atoms with Crippen LogP contribution in [-0.2, 0) is 4.79 Å². The number of primary amides is 1. The minimum Gasteiger partial charge on any atom is -0.351 e. The van der Waals surface area contributed by atoms with Gasteiger partial charge in [-0.25, -0.2) is 4.79 Å². The number of carbonyl (C=O) groups is 2. The largest absolute Gasteiger partial charge is 0.351 e. The number of carbonyl (C=O) groups excluding carboxylic acids is 2. The first-order chi connectivity index (χ1) is 8.58. The third-order valence-corrected chi connectivity index (χ3v) is 2.73. The van der Waals surface area contributed by atoms with Gasteiger partial charge in [0.25, 0.3) is 0 Å². The maximum atomic E-state index is 10.7. The second-order valence-corrected chi connectivity index (χ2v) is 4.73. The summed E-state index contributed by atoms with van der Waals surface area (Å²) >= 11 is 1.27. The van der Waals surface area contributed by atoms with E-state index in [2.05, 4.69) is 17.2 Å². The summed E-state index contributed by atoms with van der Waals surface area (Å²) in [5.74, 6) is 6.67. The van der Waals surface area contributed by atoms with E-state index in [9.17, 15) is 9.59 Å². The molecule has 0 saturated carbocycles. The highest BCUT2D eigenvalue weighted by Crippen LogP contribution is 2.08. The molecule has 18 heavy (non-hydrogen) atoms. The average molecular weight is 262 g/mol. The average Bonchev–Trinajstić information content (AvgIpc) is 2.30. The molecule has 94 valence electrons. The number of hydrogen-bond acceptors (Lipinski definition) is 3. The van der Waals surface area contributed by atoms with Crippen LogP contribution in [0.1, 0.15) is 18.9 Å². The lowest BCUT2D eigenvalue weighted by atomic mass is 10.2. The van der Waals surface area contributed by atoms with Gasteiger partial charge in [0.2, 0.25) is 0 Å². The number of thioether (sulfide) groups is 1. The molecular weight excluding hydrogens is 248 g/mol. The van der Waals surface area contributed by atoms with Gasteiger partial charge >= 0.3 is 6.03 Å². The summed E-state index contributed by atoms with van der Waals surface area (Å²) in [5, 5.41) is 2.58. The van der Waals surface area contributed by atoms with E-state index < -0.39 is 6.03 Å². The van der Waals surface area contributed by atoms with Gasteiger partial charge in [0, 0.05) is 30.3 Å². The third kappa shape index (κ3) is 5.97. The number of hydrogen-bond donors (Lipinski definition) is 2. The number of rotatable bonds is 3. The van der Waals surface area contributed by atoms with Crippen LogP contribution in [0.4, 0.5) is 10.5 Å². The molecular formula is C13H14N2O2S. The van der Waals surface area contributed by atoms with Crippen molar-refractivity contribution in [2.24, 2.45) is 5.73 Å². The summed E-state index contributed by atoms with van der Waals surface area (Å²) in [7, 11) is 0. The van der Waals surface area contributed by atoms with Crippen LogP contribution < -0.4 is 11.1 Å². The quantitative estimate of drug-likeness (QED) is 0.648. The van der Waals surface area contributed by atoms with Crippen molar-refractivity contribution in [2.45, 2.75) is 13.3 Å². The highest BCUT2D eigenvalue weighted by molar-refractivity contribution is 8.13. The fraction of sp³-hybridized carbons (Fsp3) is 0.231. The van der Waals surface area contributed by atoms with E-state index in [4.69, 9.17) is 5.73 Å². The van der Waals surface area contributed by atoms with Crippen molar-refractivity contribution >= 4 is 28.6 Å². The van der Waals surface area contributed by atoms with Gasteiger partial charge in [-0.1, -0.05) is 23.6 Å². The molecule has 3 N–H and O–H groups in total. The van der Waals surface area contributed by atoms with E-state index in [1.54, 1.807) is 31.2 Å². The van der Waals surface area contributed by atoms with Crippen LogP contribution in [0.15, 0.2) is 24.3 Å². The molecule has 0 atom stereocenters. The van der Waals surface area contributed by atoms with E-state index >= 15 is 0 Å². The lowest BCUT2D eigenvalue weighted by Crippen LogP contribution is -2.19. The van der Waals surface area contributed by atoms with E-state index in [0.717, 1.165) is 5.56 Å². The van der Waals surface area contributed by atoms with Crippen LogP contribution in [0.25, 0.3) is 0 Å². The molecule has 0 bridgehead atoms. The van der Waals surface area contributed by atoms with Crippen molar-refractivity contribution in [2.75, 3.05) is 11.1 Å². The van der Waals surface area contributed by atoms with Crippen LogP contribution in [0.5, 0.6) is 0 Å². The van der Waals surface area contributed by atoms with Gasteiger partial charge in [0.15, 0.2) is 5.12 Å². The third-order valence-electron chi connectivity index (χ3n) is 1.92. The van der Waals surface area contributed by atoms with E-state index in [0.29, 0.717) is 17.9 Å². The molecule has 0 radical (unpaired) electrons. The minimum absolute atomic E-state index is 0.110. The van der Waals surface area contributed by atoms with Gasteiger partial charge < -0.3 is 11.1 Å². The summed E-state index contributed by atoms with van der Waals surface area (Å²) in [5.41, 5.74) is 6.49. The van der Waals surface area contributed by atoms with Crippen LogP contribution in [-0.4, -0.2) is 16.9 Å². The van der Waals surface area contributed by atoms with Gasteiger partial charge in [0.1, 0.15) is 0 Å². The highest BCUT2D eigenvalue weighted by Gasteiger charge is 1.95. The predicted molar refractivity (Wildman–Crippen MR) is 74.3 cm³/mol. The zero-order valence-corrected chi connectivity index (χ0v) is 10.8. The van der Waals surface area contributed by atoms with E-state index in [1.807, 2.05) is 0 Å². The molecule has 0 unspecified atom stereocenters. The van der Waals surface area contributed by atoms with Gasteiger partial charge in [-0.2, -0.15) is 0 Å². The maximum Gasteiger partial charge on any atom is 0.316 e. The Morgan fingerprint density at radius 2 is 2.00 bits per heavy atom. The van der Waals surface area contributed by atoms with Crippen molar-refractivity contribution in [3.05, 3.63) is 29.8 Å². The molecule has 0 spiro atoms. The summed E-state index contributed by atoms with van der Waals surface area (Å²) < 4.78 is 0. The Bertz CT molecular complexity index is 486. The Morgan fingerprint density at radius 1 is 1.33 bits per heavy atom. The molecule has 5 heteroatoms. The van der Waals surface area contributed by atoms with Gasteiger partial charge in [0.05, 0.1) is 0 Å². The molecule has 1 aromatic carbocycles. The zero-order chi connectivity index (χ0) is 13.4. The summed E-state index contributed by atoms with van der Waals surface area (Å²) in [6.45, 7) is 1.54. The number of benzene rings is 1. The fourth-order valence-corrected chi connectivity index (χ4v) is 1.68. The number of amides is 2. The fourth-order valence-electron chi connectivity index (χ4n) is 1.19. The second-order valence-electron chi connectivity index (χ2n) is 3.46. The van der Waals surface area contributed by atoms with Gasteiger partial charge in [-0.3, -0.25) is 4.79 Å². The number of nitrogens with two attached hydrogens (primary N) is 1. The van der Waals surface area contributed by atoms with Crippen molar-refractivity contribution in [1.29, 1.82) is 0 Å². The molecule has 4 nitrogen and oxygen atoms in total. The molecule has 0 aliphatic heterocycles. The van der Waals surface area contributed by atoms with Crippen molar-refractivity contribution in [3.63, 3.8) is 0 Å². The molecule has 0 saturated heterocycles. The molecule has 0 aliphatic carbocycles. The summed E-state index contributed by atoms with van der Waals surface area (Å²) in [4.78, 5) is 21.3. The molecule has 0 fully saturated rings. The second kappa shape index (κ2) is 7.41. The molecule has 0 aromatic heterocycles. The molecule has 0 heterocycles. The van der Waals surface area contributed by atoms with Crippen LogP contribution in [0.3, 0.4) is 0 Å². The minimum atomic E-state index is -0.588. The lowest BCUT2D eigenvalue weighted by Gasteiger charge is -2.00. The normalized spacial score (nSPS) is 9.17. The van der Waals surface area contributed by atoms with Crippen molar-refractivity contribution < 1.29 is 9.59 Å².